The SMILES string of the molecule is CC(=NOc1ncnc(N2CCC(c3nc(C(C)C)no3)CC2)c1C)c1cccnc1. The first-order valence-corrected chi connectivity index (χ1v) is 10.5. The van der Waals surface area contributed by atoms with Crippen molar-refractivity contribution in [3.8, 4) is 5.88 Å². The summed E-state index contributed by atoms with van der Waals surface area (Å²) in [4.78, 5) is 25.3. The number of aromatic nitrogens is 5. The Morgan fingerprint density at radius 3 is 2.74 bits per heavy atom. The van der Waals surface area contributed by atoms with E-state index < -0.39 is 0 Å². The van der Waals surface area contributed by atoms with Crippen LogP contribution < -0.4 is 9.74 Å². The van der Waals surface area contributed by atoms with Crippen LogP contribution in [-0.2, 0) is 0 Å². The molecule has 3 aromatic heterocycles. The molecule has 162 valence electrons. The maximum atomic E-state index is 5.65. The van der Waals surface area contributed by atoms with E-state index in [-0.39, 0.29) is 11.8 Å². The van der Waals surface area contributed by atoms with Crippen molar-refractivity contribution in [2.75, 3.05) is 18.0 Å². The first kappa shape index (κ1) is 20.9. The summed E-state index contributed by atoms with van der Waals surface area (Å²) in [6, 6.07) is 3.80. The molecular formula is C22H27N7O2. The highest BCUT2D eigenvalue weighted by atomic mass is 16.6. The maximum absolute atomic E-state index is 5.65. The second kappa shape index (κ2) is 9.20. The van der Waals surface area contributed by atoms with E-state index in [1.165, 1.54) is 6.33 Å². The molecule has 3 aromatic rings. The molecule has 0 aliphatic carbocycles. The molecule has 9 nitrogen and oxygen atoms in total. The van der Waals surface area contributed by atoms with Crippen molar-refractivity contribution < 1.29 is 9.36 Å². The molecule has 0 spiro atoms. The first-order chi connectivity index (χ1) is 15.0. The summed E-state index contributed by atoms with van der Waals surface area (Å²) in [7, 11) is 0. The lowest BCUT2D eigenvalue weighted by Gasteiger charge is -2.32. The summed E-state index contributed by atoms with van der Waals surface area (Å²) in [5.41, 5.74) is 2.50. The van der Waals surface area contributed by atoms with Gasteiger partial charge in [-0.3, -0.25) is 4.98 Å². The summed E-state index contributed by atoms with van der Waals surface area (Å²) in [6.07, 6.45) is 6.85. The van der Waals surface area contributed by atoms with Crippen LogP contribution in [0.1, 0.15) is 68.3 Å². The van der Waals surface area contributed by atoms with E-state index in [9.17, 15) is 0 Å². The molecule has 0 bridgehead atoms. The van der Waals surface area contributed by atoms with Gasteiger partial charge in [-0.1, -0.05) is 24.2 Å². The van der Waals surface area contributed by atoms with E-state index in [2.05, 4.69) is 49.0 Å². The van der Waals surface area contributed by atoms with E-state index in [1.807, 2.05) is 26.0 Å². The Hall–Kier alpha value is -3.36. The van der Waals surface area contributed by atoms with Gasteiger partial charge in [0.15, 0.2) is 5.82 Å². The molecule has 31 heavy (non-hydrogen) atoms. The van der Waals surface area contributed by atoms with Gasteiger partial charge >= 0.3 is 0 Å². The average molecular weight is 422 g/mol. The Morgan fingerprint density at radius 1 is 1.26 bits per heavy atom. The molecule has 9 heteroatoms. The molecule has 1 fully saturated rings. The summed E-state index contributed by atoms with van der Waals surface area (Å²) in [5.74, 6) is 3.38. The van der Waals surface area contributed by atoms with E-state index in [4.69, 9.17) is 9.36 Å². The maximum Gasteiger partial charge on any atom is 0.256 e. The fourth-order valence-electron chi connectivity index (χ4n) is 3.56. The highest BCUT2D eigenvalue weighted by molar-refractivity contribution is 5.98. The smallest absolute Gasteiger partial charge is 0.256 e. The van der Waals surface area contributed by atoms with Crippen LogP contribution in [-0.4, -0.2) is 43.9 Å². The largest absolute Gasteiger partial charge is 0.356 e. The zero-order chi connectivity index (χ0) is 21.8. The third kappa shape index (κ3) is 4.70. The number of nitrogens with zero attached hydrogens (tertiary/aromatic N) is 7. The van der Waals surface area contributed by atoms with Crippen molar-refractivity contribution in [1.82, 2.24) is 25.1 Å². The number of piperidine rings is 1. The lowest BCUT2D eigenvalue weighted by molar-refractivity contribution is 0.321. The molecule has 4 heterocycles. The third-order valence-corrected chi connectivity index (χ3v) is 5.48. The van der Waals surface area contributed by atoms with Gasteiger partial charge < -0.3 is 14.3 Å². The van der Waals surface area contributed by atoms with Crippen LogP contribution in [0.15, 0.2) is 40.5 Å². The number of anilines is 1. The minimum atomic E-state index is 0.268. The summed E-state index contributed by atoms with van der Waals surface area (Å²) in [6.45, 7) is 9.66. The zero-order valence-electron chi connectivity index (χ0n) is 18.3. The Balaban J connectivity index is 1.42. The number of hydrogen-bond acceptors (Lipinski definition) is 9. The van der Waals surface area contributed by atoms with Gasteiger partial charge in [0.2, 0.25) is 5.89 Å². The molecule has 1 aliphatic rings. The second-order valence-electron chi connectivity index (χ2n) is 8.04. The Kier molecular flexibility index (Phi) is 6.20. The predicted octanol–water partition coefficient (Wildman–Crippen LogP) is 3.87. The minimum Gasteiger partial charge on any atom is -0.356 e. The number of pyridine rings is 1. The van der Waals surface area contributed by atoms with Gasteiger partial charge in [-0.15, -0.1) is 0 Å². The Morgan fingerprint density at radius 2 is 2.06 bits per heavy atom. The molecule has 0 N–H and O–H groups in total. The van der Waals surface area contributed by atoms with Gasteiger partial charge in [0.05, 0.1) is 11.3 Å². The minimum absolute atomic E-state index is 0.268. The van der Waals surface area contributed by atoms with Crippen molar-refractivity contribution in [2.24, 2.45) is 5.16 Å². The van der Waals surface area contributed by atoms with Crippen LogP contribution >= 0.6 is 0 Å². The Labute approximate surface area is 181 Å². The highest BCUT2D eigenvalue weighted by Crippen LogP contribution is 2.32. The first-order valence-electron chi connectivity index (χ1n) is 10.5. The van der Waals surface area contributed by atoms with Crippen molar-refractivity contribution >= 4 is 11.5 Å². The van der Waals surface area contributed by atoms with Gasteiger partial charge in [0.25, 0.3) is 5.88 Å². The molecule has 0 unspecified atom stereocenters. The standard InChI is InChI=1S/C22H27N7O2/c1-14(2)19-26-22(31-28-19)17-7-10-29(11-8-17)20-15(3)21(25-13-24-20)30-27-16(4)18-6-5-9-23-12-18/h5-6,9,12-14,17H,7-8,10-11H2,1-4H3. The lowest BCUT2D eigenvalue weighted by Crippen LogP contribution is -2.34. The lowest BCUT2D eigenvalue weighted by atomic mass is 9.96. The molecule has 4 rings (SSSR count). The topological polar surface area (TPSA) is 102 Å². The van der Waals surface area contributed by atoms with Crippen molar-refractivity contribution in [2.45, 2.75) is 52.4 Å². The fourth-order valence-corrected chi connectivity index (χ4v) is 3.56. The van der Waals surface area contributed by atoms with Crippen LogP contribution in [0.25, 0.3) is 0 Å². The van der Waals surface area contributed by atoms with Crippen LogP contribution in [0.3, 0.4) is 0 Å². The van der Waals surface area contributed by atoms with Gasteiger partial charge in [0, 0.05) is 42.9 Å². The summed E-state index contributed by atoms with van der Waals surface area (Å²) in [5, 5.41) is 8.32. The van der Waals surface area contributed by atoms with Crippen molar-refractivity contribution in [3.05, 3.63) is 53.7 Å². The van der Waals surface area contributed by atoms with Crippen molar-refractivity contribution in [1.29, 1.82) is 0 Å². The molecule has 1 saturated heterocycles. The van der Waals surface area contributed by atoms with Crippen LogP contribution in [0, 0.1) is 6.92 Å². The van der Waals surface area contributed by atoms with Gasteiger partial charge in [-0.25, -0.2) is 4.98 Å². The third-order valence-electron chi connectivity index (χ3n) is 5.48. The quantitative estimate of drug-likeness (QED) is 0.436. The molecule has 0 saturated carbocycles. The number of rotatable bonds is 6. The molecule has 1 aliphatic heterocycles. The van der Waals surface area contributed by atoms with E-state index >= 15 is 0 Å². The van der Waals surface area contributed by atoms with Crippen LogP contribution in [0.4, 0.5) is 5.82 Å². The molecule has 0 atom stereocenters. The summed E-state index contributed by atoms with van der Waals surface area (Å²) >= 11 is 0. The predicted molar refractivity (Wildman–Crippen MR) is 116 cm³/mol. The molecule has 0 amide bonds. The highest BCUT2D eigenvalue weighted by Gasteiger charge is 2.27. The van der Waals surface area contributed by atoms with Crippen LogP contribution in [0.2, 0.25) is 0 Å². The molecule has 0 aromatic carbocycles. The second-order valence-corrected chi connectivity index (χ2v) is 8.04. The van der Waals surface area contributed by atoms with E-state index in [0.29, 0.717) is 5.88 Å². The van der Waals surface area contributed by atoms with E-state index in [0.717, 1.165) is 60.3 Å². The van der Waals surface area contributed by atoms with Gasteiger partial charge in [-0.05, 0) is 38.8 Å². The van der Waals surface area contributed by atoms with E-state index in [1.54, 1.807) is 12.4 Å². The Bertz CT molecular complexity index is 1040. The monoisotopic (exact) mass is 421 g/mol. The van der Waals surface area contributed by atoms with Crippen molar-refractivity contribution in [3.63, 3.8) is 0 Å². The number of hydrogen-bond donors (Lipinski definition) is 0. The average Bonchev–Trinajstić information content (AvgIpc) is 3.30. The number of oxime groups is 1. The molecular weight excluding hydrogens is 394 g/mol. The summed E-state index contributed by atoms with van der Waals surface area (Å²) < 4.78 is 5.50. The molecule has 0 radical (unpaired) electrons. The van der Waals surface area contributed by atoms with Gasteiger partial charge in [0.1, 0.15) is 12.1 Å². The zero-order valence-corrected chi connectivity index (χ0v) is 18.3. The van der Waals surface area contributed by atoms with Gasteiger partial charge in [-0.2, -0.15) is 9.97 Å². The fraction of sp³-hybridized carbons (Fsp3) is 0.455. The van der Waals surface area contributed by atoms with Crippen LogP contribution in [0.5, 0.6) is 5.88 Å². The normalized spacial score (nSPS) is 15.5.